The summed E-state index contributed by atoms with van der Waals surface area (Å²) in [6.45, 7) is 4.56. The lowest BCUT2D eigenvalue weighted by Gasteiger charge is -2.27. The summed E-state index contributed by atoms with van der Waals surface area (Å²) in [6, 6.07) is 8.68. The van der Waals surface area contributed by atoms with Gasteiger partial charge in [0.25, 0.3) is 0 Å². The number of nitriles is 2. The van der Waals surface area contributed by atoms with Crippen LogP contribution in [0.25, 0.3) is 11.1 Å². The van der Waals surface area contributed by atoms with Gasteiger partial charge in [-0.15, -0.1) is 0 Å². The van der Waals surface area contributed by atoms with Crippen molar-refractivity contribution in [3.63, 3.8) is 0 Å². The van der Waals surface area contributed by atoms with Crippen molar-refractivity contribution < 1.29 is 21.9 Å². The molecule has 2 rings (SSSR count). The SMILES string of the molecule is CC(C)(C)c1nc(C(F)(F)F)c(C#N)c(-c2cccc(C#N)c2)c1S(=O)[O-]. The quantitative estimate of drug-likeness (QED) is 0.718. The molecular formula is C18H13F3N3O2S-. The number of nitrogens with zero attached hydrogens (tertiary/aromatic N) is 3. The maximum Gasteiger partial charge on any atom is 0.434 e. The second-order valence-corrected chi connectivity index (χ2v) is 7.55. The van der Waals surface area contributed by atoms with Crippen molar-refractivity contribution in [3.8, 4) is 23.3 Å². The Morgan fingerprint density at radius 1 is 1.11 bits per heavy atom. The van der Waals surface area contributed by atoms with Gasteiger partial charge in [0.15, 0.2) is 5.69 Å². The Morgan fingerprint density at radius 2 is 1.74 bits per heavy atom. The largest absolute Gasteiger partial charge is 0.768 e. The minimum absolute atomic E-state index is 0.0169. The van der Waals surface area contributed by atoms with Crippen LogP contribution < -0.4 is 0 Å². The number of hydrogen-bond acceptors (Lipinski definition) is 5. The van der Waals surface area contributed by atoms with Crippen LogP contribution in [0.5, 0.6) is 0 Å². The number of halogens is 3. The molecule has 0 aliphatic carbocycles. The van der Waals surface area contributed by atoms with E-state index in [0.29, 0.717) is 0 Å². The van der Waals surface area contributed by atoms with E-state index in [1.165, 1.54) is 51.1 Å². The minimum Gasteiger partial charge on any atom is -0.768 e. The van der Waals surface area contributed by atoms with Crippen molar-refractivity contribution in [2.75, 3.05) is 0 Å². The zero-order valence-electron chi connectivity index (χ0n) is 14.5. The summed E-state index contributed by atoms with van der Waals surface area (Å²) in [5, 5.41) is 18.4. The molecule has 0 bridgehead atoms. The van der Waals surface area contributed by atoms with Crippen LogP contribution in [-0.4, -0.2) is 13.7 Å². The molecule has 0 aliphatic rings. The normalized spacial score (nSPS) is 12.9. The average Bonchev–Trinajstić information content (AvgIpc) is 2.57. The molecule has 0 aliphatic heterocycles. The Morgan fingerprint density at radius 3 is 2.19 bits per heavy atom. The first-order chi connectivity index (χ1) is 12.4. The van der Waals surface area contributed by atoms with Crippen LogP contribution in [0.2, 0.25) is 0 Å². The molecule has 0 saturated heterocycles. The van der Waals surface area contributed by atoms with E-state index in [0.717, 1.165) is 0 Å². The number of benzene rings is 1. The second kappa shape index (κ2) is 7.10. The summed E-state index contributed by atoms with van der Waals surface area (Å²) in [5.74, 6) is 0. The van der Waals surface area contributed by atoms with E-state index in [9.17, 15) is 27.2 Å². The number of aromatic nitrogens is 1. The van der Waals surface area contributed by atoms with Crippen LogP contribution in [0.15, 0.2) is 29.2 Å². The number of alkyl halides is 3. The number of rotatable bonds is 2. The summed E-state index contributed by atoms with van der Waals surface area (Å²) >= 11 is -2.97. The molecule has 0 radical (unpaired) electrons. The fourth-order valence-electron chi connectivity index (χ4n) is 2.57. The number of pyridine rings is 1. The van der Waals surface area contributed by atoms with Gasteiger partial charge < -0.3 is 4.55 Å². The molecule has 140 valence electrons. The van der Waals surface area contributed by atoms with Crippen molar-refractivity contribution in [1.82, 2.24) is 4.98 Å². The van der Waals surface area contributed by atoms with E-state index < -0.39 is 44.4 Å². The predicted octanol–water partition coefficient (Wildman–Crippen LogP) is 4.05. The van der Waals surface area contributed by atoms with Crippen LogP contribution in [0, 0.1) is 22.7 Å². The molecule has 0 spiro atoms. The van der Waals surface area contributed by atoms with Gasteiger partial charge in [-0.05, 0) is 28.8 Å². The highest BCUT2D eigenvalue weighted by molar-refractivity contribution is 7.79. The number of hydrogen-bond donors (Lipinski definition) is 0. The molecule has 1 atom stereocenters. The molecule has 0 saturated carbocycles. The zero-order valence-corrected chi connectivity index (χ0v) is 15.3. The van der Waals surface area contributed by atoms with E-state index in [-0.39, 0.29) is 16.8 Å². The molecule has 0 amide bonds. The second-order valence-electron chi connectivity index (χ2n) is 6.68. The summed E-state index contributed by atoms with van der Waals surface area (Å²) in [6.07, 6.45) is -4.96. The molecule has 9 heteroatoms. The lowest BCUT2D eigenvalue weighted by molar-refractivity contribution is -0.141. The maximum atomic E-state index is 13.6. The lowest BCUT2D eigenvalue weighted by Crippen LogP contribution is -2.23. The van der Waals surface area contributed by atoms with Crippen LogP contribution >= 0.6 is 0 Å². The molecule has 5 nitrogen and oxygen atoms in total. The topological polar surface area (TPSA) is 101 Å². The van der Waals surface area contributed by atoms with Crippen LogP contribution in [0.4, 0.5) is 13.2 Å². The predicted molar refractivity (Wildman–Crippen MR) is 90.0 cm³/mol. The van der Waals surface area contributed by atoms with Crippen molar-refractivity contribution in [3.05, 3.63) is 46.8 Å². The van der Waals surface area contributed by atoms with Crippen molar-refractivity contribution >= 4 is 11.1 Å². The Balaban J connectivity index is 3.14. The van der Waals surface area contributed by atoms with E-state index in [1.807, 2.05) is 6.07 Å². The van der Waals surface area contributed by atoms with E-state index >= 15 is 0 Å². The molecular weight excluding hydrogens is 379 g/mol. The van der Waals surface area contributed by atoms with Gasteiger partial charge in [0.05, 0.1) is 27.8 Å². The highest BCUT2D eigenvalue weighted by Gasteiger charge is 2.40. The fourth-order valence-corrected chi connectivity index (χ4v) is 3.47. The van der Waals surface area contributed by atoms with Crippen molar-refractivity contribution in [1.29, 1.82) is 10.5 Å². The molecule has 1 aromatic heterocycles. The summed E-state index contributed by atoms with van der Waals surface area (Å²) in [4.78, 5) is 3.05. The summed E-state index contributed by atoms with van der Waals surface area (Å²) < 4.78 is 64.6. The van der Waals surface area contributed by atoms with Crippen molar-refractivity contribution in [2.45, 2.75) is 37.3 Å². The van der Waals surface area contributed by atoms with Gasteiger partial charge in [0, 0.05) is 11.0 Å². The molecule has 2 aromatic rings. The maximum absolute atomic E-state index is 13.6. The Hall–Kier alpha value is -2.75. The van der Waals surface area contributed by atoms with Gasteiger partial charge >= 0.3 is 6.18 Å². The standard InChI is InChI=1S/C18H14F3N3O2S/c1-17(2,3)16-14(27(25)26)13(11-6-4-5-10(7-11)8-22)12(9-23)15(24-16)18(19,20)21/h4-7H,1-3H3,(H,25,26)/p-1. The van der Waals surface area contributed by atoms with Gasteiger partial charge in [-0.3, -0.25) is 4.21 Å². The highest BCUT2D eigenvalue weighted by Crippen LogP contribution is 2.42. The first kappa shape index (κ1) is 20.6. The van der Waals surface area contributed by atoms with Crippen molar-refractivity contribution in [2.24, 2.45) is 0 Å². The van der Waals surface area contributed by atoms with Gasteiger partial charge in [-0.2, -0.15) is 23.7 Å². The summed E-state index contributed by atoms with van der Waals surface area (Å²) in [5.41, 5.74) is -3.99. The van der Waals surface area contributed by atoms with Gasteiger partial charge in [-0.1, -0.05) is 32.9 Å². The molecule has 1 heterocycles. The fraction of sp³-hybridized carbons (Fsp3) is 0.278. The van der Waals surface area contributed by atoms with Gasteiger partial charge in [0.1, 0.15) is 6.07 Å². The minimum atomic E-state index is -4.96. The molecule has 27 heavy (non-hydrogen) atoms. The van der Waals surface area contributed by atoms with E-state index in [2.05, 4.69) is 4.98 Å². The Kier molecular flexibility index (Phi) is 5.41. The smallest absolute Gasteiger partial charge is 0.434 e. The zero-order chi connectivity index (χ0) is 20.6. The average molecular weight is 392 g/mol. The highest BCUT2D eigenvalue weighted by atomic mass is 32.2. The molecule has 1 aromatic carbocycles. The van der Waals surface area contributed by atoms with E-state index in [1.54, 1.807) is 0 Å². The molecule has 0 N–H and O–H groups in total. The van der Waals surface area contributed by atoms with Crippen LogP contribution in [0.3, 0.4) is 0 Å². The third kappa shape index (κ3) is 4.00. The third-order valence-electron chi connectivity index (χ3n) is 3.69. The van der Waals surface area contributed by atoms with Crippen LogP contribution in [0.1, 0.15) is 43.3 Å². The Labute approximate surface area is 156 Å². The van der Waals surface area contributed by atoms with Gasteiger partial charge in [-0.25, -0.2) is 4.98 Å². The monoisotopic (exact) mass is 392 g/mol. The van der Waals surface area contributed by atoms with E-state index in [4.69, 9.17) is 5.26 Å². The Bertz CT molecular complexity index is 1010. The van der Waals surface area contributed by atoms with Crippen LogP contribution in [-0.2, 0) is 22.7 Å². The molecule has 0 fully saturated rings. The first-order valence-electron chi connectivity index (χ1n) is 7.57. The van der Waals surface area contributed by atoms with Gasteiger partial charge in [0.2, 0.25) is 0 Å². The lowest BCUT2D eigenvalue weighted by atomic mass is 9.87. The first-order valence-corrected chi connectivity index (χ1v) is 8.65. The third-order valence-corrected chi connectivity index (χ3v) is 4.42. The molecule has 1 unspecified atom stereocenters. The summed E-state index contributed by atoms with van der Waals surface area (Å²) in [7, 11) is 0.